The van der Waals surface area contributed by atoms with Crippen molar-refractivity contribution in [2.75, 3.05) is 19.4 Å². The minimum Gasteiger partial charge on any atom is -0.486 e. The number of nitrogens with one attached hydrogen (secondary N) is 1. The first-order valence-electron chi connectivity index (χ1n) is 11.3. The fourth-order valence-electron chi connectivity index (χ4n) is 3.56. The van der Waals surface area contributed by atoms with Crippen LogP contribution in [0.3, 0.4) is 0 Å². The zero-order valence-corrected chi connectivity index (χ0v) is 20.5. The maximum Gasteiger partial charge on any atom is 0.416 e. The molecule has 0 aliphatic carbocycles. The average molecular weight is 511 g/mol. The average Bonchev–Trinajstić information content (AvgIpc) is 3.23. The smallest absolute Gasteiger partial charge is 0.416 e. The highest BCUT2D eigenvalue weighted by Crippen LogP contribution is 2.31. The standard InChI is InChI=1S/C26H25F3N6O2/c1-34(2)15-17-7-9-18(10-8-17)25(36)31-22-12-11-19(14-30-22)24-33-32-23(35(24)3)16-37-21-6-4-5-20(13-21)26(27,28)29/h4-14H,15-16H2,1-3H3,(H,30,31,36). The number of rotatable bonds is 8. The highest BCUT2D eigenvalue weighted by atomic mass is 19.4. The highest BCUT2D eigenvalue weighted by molar-refractivity contribution is 6.03. The molecule has 0 fully saturated rings. The minimum atomic E-state index is -4.45. The number of carbonyl (C=O) groups excluding carboxylic acids is 1. The van der Waals surface area contributed by atoms with E-state index in [-0.39, 0.29) is 18.3 Å². The van der Waals surface area contributed by atoms with Crippen molar-refractivity contribution in [2.24, 2.45) is 7.05 Å². The Bertz CT molecular complexity index is 1370. The Balaban J connectivity index is 1.39. The van der Waals surface area contributed by atoms with E-state index in [0.29, 0.717) is 28.6 Å². The summed E-state index contributed by atoms with van der Waals surface area (Å²) in [6.07, 6.45) is -2.90. The van der Waals surface area contributed by atoms with Crippen molar-refractivity contribution in [3.63, 3.8) is 0 Å². The molecule has 4 rings (SSSR count). The quantitative estimate of drug-likeness (QED) is 0.367. The topological polar surface area (TPSA) is 85.2 Å². The second-order valence-corrected chi connectivity index (χ2v) is 8.63. The molecule has 0 saturated heterocycles. The summed E-state index contributed by atoms with van der Waals surface area (Å²) in [5, 5.41) is 11.0. The molecule has 4 aromatic rings. The molecule has 2 aromatic carbocycles. The van der Waals surface area contributed by atoms with Gasteiger partial charge in [-0.25, -0.2) is 4.98 Å². The van der Waals surface area contributed by atoms with E-state index in [9.17, 15) is 18.0 Å². The summed E-state index contributed by atoms with van der Waals surface area (Å²) in [5.74, 6) is 1.09. The number of nitrogens with zero attached hydrogens (tertiary/aromatic N) is 5. The number of alkyl halides is 3. The van der Waals surface area contributed by atoms with E-state index < -0.39 is 11.7 Å². The van der Waals surface area contributed by atoms with Crippen molar-refractivity contribution >= 4 is 11.7 Å². The Morgan fingerprint density at radius 3 is 2.46 bits per heavy atom. The lowest BCUT2D eigenvalue weighted by molar-refractivity contribution is -0.137. The third kappa shape index (κ3) is 6.50. The molecule has 1 amide bonds. The number of aromatic nitrogens is 4. The lowest BCUT2D eigenvalue weighted by atomic mass is 10.1. The lowest BCUT2D eigenvalue weighted by Gasteiger charge is -2.10. The van der Waals surface area contributed by atoms with Gasteiger partial charge in [0.1, 0.15) is 18.2 Å². The van der Waals surface area contributed by atoms with Crippen LogP contribution in [0.2, 0.25) is 0 Å². The van der Waals surface area contributed by atoms with Crippen LogP contribution in [0, 0.1) is 0 Å². The van der Waals surface area contributed by atoms with Gasteiger partial charge in [-0.2, -0.15) is 13.2 Å². The Kier molecular flexibility index (Phi) is 7.53. The van der Waals surface area contributed by atoms with E-state index in [2.05, 4.69) is 20.5 Å². The molecule has 0 radical (unpaired) electrons. The lowest BCUT2D eigenvalue weighted by Crippen LogP contribution is -2.14. The summed E-state index contributed by atoms with van der Waals surface area (Å²) in [5.41, 5.74) is 1.48. The summed E-state index contributed by atoms with van der Waals surface area (Å²) in [6, 6.07) is 15.4. The number of amides is 1. The number of ether oxygens (including phenoxy) is 1. The maximum absolute atomic E-state index is 12.9. The SMILES string of the molecule is CN(C)Cc1ccc(C(=O)Nc2ccc(-c3nnc(COc4cccc(C(F)(F)F)c4)n3C)cn2)cc1. The van der Waals surface area contributed by atoms with Crippen LogP contribution in [0.4, 0.5) is 19.0 Å². The molecule has 2 heterocycles. The molecule has 11 heteroatoms. The number of halogens is 3. The number of anilines is 1. The van der Waals surface area contributed by atoms with Crippen molar-refractivity contribution in [1.29, 1.82) is 0 Å². The van der Waals surface area contributed by atoms with Crippen molar-refractivity contribution in [2.45, 2.75) is 19.3 Å². The van der Waals surface area contributed by atoms with Gasteiger partial charge in [-0.3, -0.25) is 4.79 Å². The third-order valence-corrected chi connectivity index (χ3v) is 5.47. The van der Waals surface area contributed by atoms with Gasteiger partial charge in [-0.05, 0) is 62.1 Å². The molecule has 192 valence electrons. The predicted octanol–water partition coefficient (Wildman–Crippen LogP) is 4.79. The highest BCUT2D eigenvalue weighted by Gasteiger charge is 2.30. The van der Waals surface area contributed by atoms with Gasteiger partial charge in [0, 0.05) is 30.9 Å². The Labute approximate surface area is 211 Å². The van der Waals surface area contributed by atoms with Crippen LogP contribution < -0.4 is 10.1 Å². The van der Waals surface area contributed by atoms with Crippen LogP contribution in [0.1, 0.15) is 27.3 Å². The normalized spacial score (nSPS) is 11.5. The zero-order chi connectivity index (χ0) is 26.6. The predicted molar refractivity (Wildman–Crippen MR) is 132 cm³/mol. The molecule has 0 saturated carbocycles. The number of hydrogen-bond donors (Lipinski definition) is 1. The van der Waals surface area contributed by atoms with Gasteiger partial charge in [0.05, 0.1) is 5.56 Å². The van der Waals surface area contributed by atoms with E-state index in [1.165, 1.54) is 12.1 Å². The van der Waals surface area contributed by atoms with Gasteiger partial charge in [-0.15, -0.1) is 10.2 Å². The van der Waals surface area contributed by atoms with Crippen LogP contribution in [-0.2, 0) is 26.4 Å². The molecule has 2 aromatic heterocycles. The molecular formula is C26H25F3N6O2. The number of pyridine rings is 1. The van der Waals surface area contributed by atoms with Crippen LogP contribution in [0.25, 0.3) is 11.4 Å². The third-order valence-electron chi connectivity index (χ3n) is 5.47. The maximum atomic E-state index is 12.9. The minimum absolute atomic E-state index is 0.0697. The molecule has 1 N–H and O–H groups in total. The summed E-state index contributed by atoms with van der Waals surface area (Å²) < 4.78 is 45.9. The molecule has 37 heavy (non-hydrogen) atoms. The molecule has 0 unspecified atom stereocenters. The van der Waals surface area contributed by atoms with Crippen LogP contribution in [0.5, 0.6) is 5.75 Å². The summed E-state index contributed by atoms with van der Waals surface area (Å²) >= 11 is 0. The van der Waals surface area contributed by atoms with Crippen molar-refractivity contribution in [1.82, 2.24) is 24.6 Å². The van der Waals surface area contributed by atoms with Crippen LogP contribution in [-0.4, -0.2) is 44.7 Å². The van der Waals surface area contributed by atoms with E-state index in [4.69, 9.17) is 4.74 Å². The van der Waals surface area contributed by atoms with Gasteiger partial charge in [0.2, 0.25) is 0 Å². The Morgan fingerprint density at radius 1 is 1.05 bits per heavy atom. The van der Waals surface area contributed by atoms with Gasteiger partial charge in [0.15, 0.2) is 11.6 Å². The second kappa shape index (κ2) is 10.8. The zero-order valence-electron chi connectivity index (χ0n) is 20.5. The van der Waals surface area contributed by atoms with E-state index >= 15 is 0 Å². The van der Waals surface area contributed by atoms with Gasteiger partial charge < -0.3 is 19.5 Å². The van der Waals surface area contributed by atoms with Crippen molar-refractivity contribution < 1.29 is 22.7 Å². The molecular weight excluding hydrogens is 485 g/mol. The molecule has 0 bridgehead atoms. The molecule has 0 spiro atoms. The fourth-order valence-corrected chi connectivity index (χ4v) is 3.56. The fraction of sp³-hybridized carbons (Fsp3) is 0.231. The molecule has 0 aliphatic rings. The summed E-state index contributed by atoms with van der Waals surface area (Å²) in [4.78, 5) is 18.9. The van der Waals surface area contributed by atoms with Gasteiger partial charge >= 0.3 is 6.18 Å². The van der Waals surface area contributed by atoms with Crippen LogP contribution >= 0.6 is 0 Å². The largest absolute Gasteiger partial charge is 0.486 e. The Hall–Kier alpha value is -4.25. The van der Waals surface area contributed by atoms with Crippen LogP contribution in [0.15, 0.2) is 66.9 Å². The number of hydrogen-bond acceptors (Lipinski definition) is 6. The summed E-state index contributed by atoms with van der Waals surface area (Å²) in [7, 11) is 5.68. The van der Waals surface area contributed by atoms with E-state index in [0.717, 1.165) is 24.2 Å². The number of carbonyl (C=O) groups is 1. The first-order valence-corrected chi connectivity index (χ1v) is 11.3. The van der Waals surface area contributed by atoms with Gasteiger partial charge in [-0.1, -0.05) is 18.2 Å². The first kappa shape index (κ1) is 25.8. The van der Waals surface area contributed by atoms with E-state index in [1.807, 2.05) is 31.1 Å². The summed E-state index contributed by atoms with van der Waals surface area (Å²) in [6.45, 7) is 0.714. The number of benzene rings is 2. The second-order valence-electron chi connectivity index (χ2n) is 8.63. The first-order chi connectivity index (χ1) is 17.6. The van der Waals surface area contributed by atoms with E-state index in [1.54, 1.807) is 42.1 Å². The Morgan fingerprint density at radius 2 is 1.81 bits per heavy atom. The van der Waals surface area contributed by atoms with Gasteiger partial charge in [0.25, 0.3) is 5.91 Å². The monoisotopic (exact) mass is 510 g/mol. The molecule has 8 nitrogen and oxygen atoms in total. The molecule has 0 aliphatic heterocycles. The van der Waals surface area contributed by atoms with Crippen molar-refractivity contribution in [3.05, 3.63) is 89.4 Å². The molecule has 0 atom stereocenters. The van der Waals surface area contributed by atoms with Crippen molar-refractivity contribution in [3.8, 4) is 17.1 Å².